The predicted molar refractivity (Wildman–Crippen MR) is 75.0 cm³/mol. The third-order valence-corrected chi connectivity index (χ3v) is 4.42. The quantitative estimate of drug-likeness (QED) is 0.695. The number of halogens is 2. The van der Waals surface area contributed by atoms with Crippen LogP contribution < -0.4 is 15.2 Å². The molecule has 17 heavy (non-hydrogen) atoms. The van der Waals surface area contributed by atoms with Gasteiger partial charge in [0.2, 0.25) is 0 Å². The number of nitrogens with one attached hydrogen (secondary N) is 2. The smallest absolute Gasteiger partial charge is 0.299 e. The fourth-order valence-electron chi connectivity index (χ4n) is 1.29. The second-order valence-corrected chi connectivity index (χ2v) is 7.07. The first kappa shape index (κ1) is 13.1. The Morgan fingerprint density at radius 3 is 2.47 bits per heavy atom. The zero-order valence-corrected chi connectivity index (χ0v) is 12.7. The summed E-state index contributed by atoms with van der Waals surface area (Å²) >= 11 is 6.54. The van der Waals surface area contributed by atoms with Crippen LogP contribution >= 0.6 is 31.9 Å². The third kappa shape index (κ3) is 3.57. The fraction of sp³-hybridized carbons (Fsp3) is 0.333. The van der Waals surface area contributed by atoms with Gasteiger partial charge in [0.1, 0.15) is 0 Å². The molecular weight excluding hydrogens is 374 g/mol. The maximum atomic E-state index is 11.7. The molecule has 2 rings (SSSR count). The summed E-state index contributed by atoms with van der Waals surface area (Å²) in [5.41, 5.74) is 6.46. The lowest BCUT2D eigenvalue weighted by Crippen LogP contribution is -2.32. The molecular formula is C9H11Br2N3O2S. The molecule has 0 spiro atoms. The zero-order valence-electron chi connectivity index (χ0n) is 8.70. The van der Waals surface area contributed by atoms with Gasteiger partial charge in [0.15, 0.2) is 0 Å². The van der Waals surface area contributed by atoms with Crippen LogP contribution in [0.1, 0.15) is 12.8 Å². The Morgan fingerprint density at radius 1 is 1.29 bits per heavy atom. The summed E-state index contributed by atoms with van der Waals surface area (Å²) in [6, 6.07) is 3.42. The molecule has 1 aromatic rings. The van der Waals surface area contributed by atoms with Crippen molar-refractivity contribution in [1.29, 1.82) is 0 Å². The molecule has 0 aliphatic heterocycles. The van der Waals surface area contributed by atoms with Crippen LogP contribution in [0.15, 0.2) is 21.1 Å². The molecule has 0 unspecified atom stereocenters. The summed E-state index contributed by atoms with van der Waals surface area (Å²) in [4.78, 5) is 0. The molecule has 5 nitrogen and oxygen atoms in total. The first-order valence-corrected chi connectivity index (χ1v) is 7.99. The van der Waals surface area contributed by atoms with E-state index in [0.717, 1.165) is 17.3 Å². The molecule has 0 bridgehead atoms. The van der Waals surface area contributed by atoms with Gasteiger partial charge in [0.05, 0.1) is 11.4 Å². The monoisotopic (exact) mass is 383 g/mol. The molecule has 0 heterocycles. The summed E-state index contributed by atoms with van der Waals surface area (Å²) in [6.45, 7) is 0. The maximum Gasteiger partial charge on any atom is 0.299 e. The van der Waals surface area contributed by atoms with Crippen molar-refractivity contribution in [1.82, 2.24) is 4.72 Å². The Balaban J connectivity index is 2.23. The van der Waals surface area contributed by atoms with Crippen LogP contribution in [0.5, 0.6) is 0 Å². The number of anilines is 2. The first-order chi connectivity index (χ1) is 7.87. The van der Waals surface area contributed by atoms with E-state index in [1.165, 1.54) is 0 Å². The molecule has 0 saturated heterocycles. The van der Waals surface area contributed by atoms with Gasteiger partial charge in [0, 0.05) is 15.0 Å². The second kappa shape index (κ2) is 4.75. The molecule has 1 fully saturated rings. The van der Waals surface area contributed by atoms with Gasteiger partial charge in [-0.05, 0) is 40.9 Å². The van der Waals surface area contributed by atoms with Gasteiger partial charge in [-0.15, -0.1) is 0 Å². The minimum Gasteiger partial charge on any atom is -0.397 e. The number of hydrogen-bond acceptors (Lipinski definition) is 3. The van der Waals surface area contributed by atoms with Crippen molar-refractivity contribution in [3.63, 3.8) is 0 Å². The zero-order chi connectivity index (χ0) is 12.6. The average Bonchev–Trinajstić information content (AvgIpc) is 2.94. The first-order valence-electron chi connectivity index (χ1n) is 4.92. The van der Waals surface area contributed by atoms with E-state index in [4.69, 9.17) is 5.73 Å². The Morgan fingerprint density at radius 2 is 1.94 bits per heavy atom. The molecule has 1 aliphatic carbocycles. The summed E-state index contributed by atoms with van der Waals surface area (Å²) in [5, 5.41) is 0. The lowest BCUT2D eigenvalue weighted by Gasteiger charge is -2.12. The molecule has 0 atom stereocenters. The molecule has 4 N–H and O–H groups in total. The van der Waals surface area contributed by atoms with Crippen molar-refractivity contribution < 1.29 is 8.42 Å². The van der Waals surface area contributed by atoms with Gasteiger partial charge >= 0.3 is 0 Å². The summed E-state index contributed by atoms with van der Waals surface area (Å²) in [5.74, 6) is 0. The van der Waals surface area contributed by atoms with E-state index >= 15 is 0 Å². The van der Waals surface area contributed by atoms with E-state index in [1.54, 1.807) is 12.1 Å². The van der Waals surface area contributed by atoms with Crippen LogP contribution in [0.25, 0.3) is 0 Å². The van der Waals surface area contributed by atoms with E-state index in [1.807, 2.05) is 0 Å². The minimum atomic E-state index is -3.55. The van der Waals surface area contributed by atoms with Crippen molar-refractivity contribution in [2.24, 2.45) is 0 Å². The van der Waals surface area contributed by atoms with Gasteiger partial charge in [-0.25, -0.2) is 0 Å². The largest absolute Gasteiger partial charge is 0.397 e. The average molecular weight is 385 g/mol. The van der Waals surface area contributed by atoms with Gasteiger partial charge < -0.3 is 5.73 Å². The van der Waals surface area contributed by atoms with Crippen molar-refractivity contribution >= 4 is 53.4 Å². The molecule has 0 radical (unpaired) electrons. The highest BCUT2D eigenvalue weighted by Gasteiger charge is 2.27. The lowest BCUT2D eigenvalue weighted by molar-refractivity contribution is 0.586. The Hall–Kier alpha value is -0.310. The van der Waals surface area contributed by atoms with Crippen LogP contribution in [-0.4, -0.2) is 14.5 Å². The van der Waals surface area contributed by atoms with Gasteiger partial charge in [-0.3, -0.25) is 4.72 Å². The Labute approximate surface area is 117 Å². The molecule has 0 amide bonds. The van der Waals surface area contributed by atoms with Crippen molar-refractivity contribution in [2.75, 3.05) is 10.5 Å². The number of nitrogens with two attached hydrogens (primary N) is 1. The van der Waals surface area contributed by atoms with Crippen LogP contribution in [0.4, 0.5) is 11.4 Å². The molecule has 0 aromatic heterocycles. The molecule has 1 saturated carbocycles. The normalized spacial score (nSPS) is 15.9. The fourth-order valence-corrected chi connectivity index (χ4v) is 4.00. The third-order valence-electron chi connectivity index (χ3n) is 2.22. The van der Waals surface area contributed by atoms with Crippen LogP contribution in [0.3, 0.4) is 0 Å². The van der Waals surface area contributed by atoms with E-state index in [2.05, 4.69) is 41.3 Å². The standard InChI is InChI=1S/C9H11Br2N3O2S/c10-5-3-7(11)9(8(12)4-5)14-17(15,16)13-6-1-2-6/h3-4,6,13-14H,1-2,12H2. The number of hydrogen-bond donors (Lipinski definition) is 3. The summed E-state index contributed by atoms with van der Waals surface area (Å²) in [7, 11) is -3.55. The maximum absolute atomic E-state index is 11.7. The molecule has 1 aliphatic rings. The van der Waals surface area contributed by atoms with Crippen molar-refractivity contribution in [2.45, 2.75) is 18.9 Å². The topological polar surface area (TPSA) is 84.2 Å². The predicted octanol–water partition coefficient (Wildman–Crippen LogP) is 2.20. The van der Waals surface area contributed by atoms with Crippen molar-refractivity contribution in [3.8, 4) is 0 Å². The number of benzene rings is 1. The van der Waals surface area contributed by atoms with Crippen molar-refractivity contribution in [3.05, 3.63) is 21.1 Å². The van der Waals surface area contributed by atoms with Gasteiger partial charge in [-0.1, -0.05) is 15.9 Å². The second-order valence-electron chi connectivity index (χ2n) is 3.85. The van der Waals surface area contributed by atoms with Crippen LogP contribution in [-0.2, 0) is 10.2 Å². The van der Waals surface area contributed by atoms with Gasteiger partial charge in [-0.2, -0.15) is 13.1 Å². The summed E-state index contributed by atoms with van der Waals surface area (Å²) < 4.78 is 29.8. The highest BCUT2D eigenvalue weighted by Crippen LogP contribution is 2.33. The summed E-state index contributed by atoms with van der Waals surface area (Å²) in [6.07, 6.45) is 1.77. The van der Waals surface area contributed by atoms with E-state index in [-0.39, 0.29) is 6.04 Å². The van der Waals surface area contributed by atoms with E-state index in [0.29, 0.717) is 15.8 Å². The highest BCUT2D eigenvalue weighted by molar-refractivity contribution is 9.11. The Kier molecular flexibility index (Phi) is 3.67. The molecule has 94 valence electrons. The Bertz CT molecular complexity index is 520. The minimum absolute atomic E-state index is 0.0583. The van der Waals surface area contributed by atoms with Crippen LogP contribution in [0, 0.1) is 0 Å². The van der Waals surface area contributed by atoms with E-state index < -0.39 is 10.2 Å². The van der Waals surface area contributed by atoms with Crippen LogP contribution in [0.2, 0.25) is 0 Å². The highest BCUT2D eigenvalue weighted by atomic mass is 79.9. The molecule has 1 aromatic carbocycles. The molecule has 8 heteroatoms. The van der Waals surface area contributed by atoms with Gasteiger partial charge in [0.25, 0.3) is 10.2 Å². The number of nitrogen functional groups attached to an aromatic ring is 1. The number of rotatable bonds is 4. The van der Waals surface area contributed by atoms with E-state index in [9.17, 15) is 8.42 Å². The SMILES string of the molecule is Nc1cc(Br)cc(Br)c1NS(=O)(=O)NC1CC1. The lowest BCUT2D eigenvalue weighted by atomic mass is 10.3.